The Morgan fingerprint density at radius 1 is 1.24 bits per heavy atom. The Morgan fingerprint density at radius 3 is 2.18 bits per heavy atom. The van der Waals surface area contributed by atoms with Crippen molar-refractivity contribution in [3.8, 4) is 11.5 Å². The van der Waals surface area contributed by atoms with E-state index in [1.54, 1.807) is 12.1 Å². The van der Waals surface area contributed by atoms with Gasteiger partial charge in [-0.05, 0) is 37.7 Å². The van der Waals surface area contributed by atoms with Crippen LogP contribution in [0.2, 0.25) is 0 Å². The fraction of sp³-hybridized carbons (Fsp3) is 0.333. The molecule has 0 spiro atoms. The van der Waals surface area contributed by atoms with E-state index >= 15 is 0 Å². The van der Waals surface area contributed by atoms with Crippen LogP contribution < -0.4 is 5.32 Å². The lowest BCUT2D eigenvalue weighted by Gasteiger charge is -2.06. The molecule has 0 saturated heterocycles. The van der Waals surface area contributed by atoms with Crippen molar-refractivity contribution in [2.75, 3.05) is 13.6 Å². The number of nitrogens with one attached hydrogen (secondary N) is 1. The zero-order valence-electron chi connectivity index (χ0n) is 9.08. The Labute approximate surface area is 99.3 Å². The zero-order chi connectivity index (χ0) is 13.5. The largest absolute Gasteiger partial charge is 0.759 e. The molecule has 8 heteroatoms. The molecule has 1 rings (SSSR count). The van der Waals surface area contributed by atoms with Crippen molar-refractivity contribution in [3.05, 3.63) is 23.8 Å². The zero-order valence-corrected chi connectivity index (χ0v) is 9.90. The summed E-state index contributed by atoms with van der Waals surface area (Å²) in [5.74, 6) is -0.119. The SMILES string of the molecule is CNCCc1ccc(O)c(O)c1.O=S(=O)([O-])[O-]. The molecule has 1 aromatic carbocycles. The highest BCUT2D eigenvalue weighted by Crippen LogP contribution is 2.24. The quantitative estimate of drug-likeness (QED) is 0.381. The van der Waals surface area contributed by atoms with Crippen LogP contribution in [0.25, 0.3) is 0 Å². The Kier molecular flexibility index (Phi) is 6.51. The first-order valence-corrected chi connectivity index (χ1v) is 5.89. The number of rotatable bonds is 3. The number of hydrogen-bond donors (Lipinski definition) is 3. The minimum atomic E-state index is -5.17. The average molecular weight is 263 g/mol. The lowest BCUT2D eigenvalue weighted by molar-refractivity contribution is 0.352. The van der Waals surface area contributed by atoms with E-state index in [1.807, 2.05) is 7.05 Å². The molecule has 0 amide bonds. The lowest BCUT2D eigenvalue weighted by atomic mass is 10.1. The summed E-state index contributed by atoms with van der Waals surface area (Å²) >= 11 is 0. The molecule has 0 aliphatic rings. The van der Waals surface area contributed by atoms with Gasteiger partial charge in [0.05, 0.1) is 0 Å². The normalized spacial score (nSPS) is 10.5. The monoisotopic (exact) mass is 263 g/mol. The van der Waals surface area contributed by atoms with Gasteiger partial charge in [0.1, 0.15) is 0 Å². The molecule has 0 heterocycles. The Balaban J connectivity index is 0.000000437. The summed E-state index contributed by atoms with van der Waals surface area (Å²) in [7, 11) is -3.29. The summed E-state index contributed by atoms with van der Waals surface area (Å²) in [5, 5.41) is 21.1. The van der Waals surface area contributed by atoms with Crippen LogP contribution in [0.1, 0.15) is 5.56 Å². The van der Waals surface area contributed by atoms with E-state index in [9.17, 15) is 0 Å². The molecular formula is C9H13NO6S-2. The molecule has 0 aliphatic carbocycles. The third-order valence-electron chi connectivity index (χ3n) is 1.70. The number of likely N-dealkylation sites (N-methyl/N-ethyl adjacent to an activating group) is 1. The maximum Gasteiger partial charge on any atom is 0.157 e. The van der Waals surface area contributed by atoms with Crippen LogP contribution >= 0.6 is 0 Å². The molecule has 0 fully saturated rings. The van der Waals surface area contributed by atoms with Crippen molar-refractivity contribution in [1.82, 2.24) is 5.32 Å². The summed E-state index contributed by atoms with van der Waals surface area (Å²) in [6.45, 7) is 0.865. The fourth-order valence-electron chi connectivity index (χ4n) is 0.994. The third-order valence-corrected chi connectivity index (χ3v) is 1.70. The van der Waals surface area contributed by atoms with Crippen molar-refractivity contribution < 1.29 is 27.7 Å². The highest BCUT2D eigenvalue weighted by molar-refractivity contribution is 7.79. The Morgan fingerprint density at radius 2 is 1.76 bits per heavy atom. The smallest absolute Gasteiger partial charge is 0.157 e. The first-order valence-electron chi connectivity index (χ1n) is 4.56. The molecule has 3 N–H and O–H groups in total. The van der Waals surface area contributed by atoms with Crippen molar-refractivity contribution in [3.63, 3.8) is 0 Å². The van der Waals surface area contributed by atoms with E-state index < -0.39 is 10.4 Å². The van der Waals surface area contributed by atoms with Gasteiger partial charge in [-0.25, -0.2) is 0 Å². The molecule has 1 aromatic rings. The predicted molar refractivity (Wildman–Crippen MR) is 57.9 cm³/mol. The second kappa shape index (κ2) is 7.07. The van der Waals surface area contributed by atoms with Crippen LogP contribution in [0, 0.1) is 0 Å². The van der Waals surface area contributed by atoms with E-state index in [0.29, 0.717) is 0 Å². The second-order valence-electron chi connectivity index (χ2n) is 3.08. The highest BCUT2D eigenvalue weighted by atomic mass is 32.3. The fourth-order valence-corrected chi connectivity index (χ4v) is 0.994. The van der Waals surface area contributed by atoms with Crippen molar-refractivity contribution in [2.45, 2.75) is 6.42 Å². The standard InChI is InChI=1S/C9H13NO2.H2O4S/c1-10-5-4-7-2-3-8(11)9(12)6-7;1-5(2,3)4/h2-3,6,10-12H,4-5H2,1H3;(H2,1,2,3,4)/p-2. The summed E-state index contributed by atoms with van der Waals surface area (Å²) in [5.41, 5.74) is 1.01. The van der Waals surface area contributed by atoms with Crippen LogP contribution in [0.15, 0.2) is 18.2 Å². The first kappa shape index (κ1) is 15.7. The number of phenolic OH excluding ortho intramolecular Hbond substituents is 2. The van der Waals surface area contributed by atoms with E-state index in [2.05, 4.69) is 5.32 Å². The molecule has 17 heavy (non-hydrogen) atoms. The number of benzene rings is 1. The van der Waals surface area contributed by atoms with Gasteiger partial charge in [0, 0.05) is 10.4 Å². The molecule has 0 bridgehead atoms. The van der Waals surface area contributed by atoms with Gasteiger partial charge < -0.3 is 24.6 Å². The van der Waals surface area contributed by atoms with Gasteiger partial charge in [0.15, 0.2) is 11.5 Å². The highest BCUT2D eigenvalue weighted by Gasteiger charge is 1.99. The minimum absolute atomic E-state index is 0.0522. The second-order valence-corrected chi connectivity index (χ2v) is 3.90. The van der Waals surface area contributed by atoms with Crippen LogP contribution in [-0.2, 0) is 16.8 Å². The van der Waals surface area contributed by atoms with Crippen molar-refractivity contribution in [1.29, 1.82) is 0 Å². The first-order chi connectivity index (χ1) is 7.74. The maximum absolute atomic E-state index is 9.13. The average Bonchev–Trinajstić information content (AvgIpc) is 2.17. The molecule has 98 valence electrons. The van der Waals surface area contributed by atoms with Crippen LogP contribution in [0.3, 0.4) is 0 Å². The number of phenols is 2. The van der Waals surface area contributed by atoms with Gasteiger partial charge in [0.25, 0.3) is 0 Å². The summed E-state index contributed by atoms with van der Waals surface area (Å²) in [6, 6.07) is 4.87. The molecule has 7 nitrogen and oxygen atoms in total. The number of hydrogen-bond acceptors (Lipinski definition) is 7. The summed E-state index contributed by atoms with van der Waals surface area (Å²) in [4.78, 5) is 0. The topological polar surface area (TPSA) is 133 Å². The van der Waals surface area contributed by atoms with Crippen LogP contribution in [0.5, 0.6) is 11.5 Å². The number of aromatic hydroxyl groups is 2. The van der Waals surface area contributed by atoms with Gasteiger partial charge in [-0.3, -0.25) is 8.42 Å². The Hall–Kier alpha value is -1.35. The molecule has 0 unspecified atom stereocenters. The predicted octanol–water partition coefficient (Wildman–Crippen LogP) is -0.478. The van der Waals surface area contributed by atoms with E-state index in [1.165, 1.54) is 6.07 Å². The Bertz CT molecular complexity index is 437. The van der Waals surface area contributed by atoms with Crippen LogP contribution in [0.4, 0.5) is 0 Å². The van der Waals surface area contributed by atoms with Gasteiger partial charge in [-0.1, -0.05) is 6.07 Å². The van der Waals surface area contributed by atoms with Crippen molar-refractivity contribution >= 4 is 10.4 Å². The van der Waals surface area contributed by atoms with E-state index in [-0.39, 0.29) is 11.5 Å². The van der Waals surface area contributed by atoms with Gasteiger partial charge in [0.2, 0.25) is 0 Å². The van der Waals surface area contributed by atoms with E-state index in [4.69, 9.17) is 27.7 Å². The van der Waals surface area contributed by atoms with Gasteiger partial charge in [-0.15, -0.1) is 0 Å². The molecule has 0 aliphatic heterocycles. The summed E-state index contributed by atoms with van der Waals surface area (Å²) < 4.78 is 34.1. The molecule has 0 radical (unpaired) electrons. The molecule has 0 aromatic heterocycles. The molecule has 0 atom stereocenters. The lowest BCUT2D eigenvalue weighted by Crippen LogP contribution is -2.09. The van der Waals surface area contributed by atoms with Crippen LogP contribution in [-0.4, -0.2) is 41.3 Å². The minimum Gasteiger partial charge on any atom is -0.759 e. The van der Waals surface area contributed by atoms with E-state index in [0.717, 1.165) is 18.5 Å². The van der Waals surface area contributed by atoms with Crippen molar-refractivity contribution in [2.24, 2.45) is 0 Å². The maximum atomic E-state index is 9.13. The third kappa shape index (κ3) is 9.57. The molecular weight excluding hydrogens is 250 g/mol. The van der Waals surface area contributed by atoms with Gasteiger partial charge >= 0.3 is 0 Å². The molecule has 0 saturated carbocycles. The summed E-state index contributed by atoms with van der Waals surface area (Å²) in [6.07, 6.45) is 0.852. The van der Waals surface area contributed by atoms with Gasteiger partial charge in [-0.2, -0.15) is 0 Å².